The van der Waals surface area contributed by atoms with Crippen LogP contribution >= 0.6 is 22.9 Å². The molecule has 1 N–H and O–H groups in total. The van der Waals surface area contributed by atoms with Gasteiger partial charge in [0.25, 0.3) is 5.91 Å². The molecule has 2 aromatic rings. The summed E-state index contributed by atoms with van der Waals surface area (Å²) in [5, 5.41) is 5.22. The van der Waals surface area contributed by atoms with Crippen LogP contribution in [0.2, 0.25) is 5.02 Å². The zero-order valence-electron chi connectivity index (χ0n) is 16.0. The second-order valence-electron chi connectivity index (χ2n) is 6.85. The van der Waals surface area contributed by atoms with Gasteiger partial charge in [0, 0.05) is 38.8 Å². The highest BCUT2D eigenvalue weighted by atomic mass is 35.5. The van der Waals surface area contributed by atoms with Crippen molar-refractivity contribution >= 4 is 49.9 Å². The quantitative estimate of drug-likeness (QED) is 0.745. The number of rotatable bonds is 5. The number of carbonyl (C=O) groups excluding carboxylic acids is 2. The lowest BCUT2D eigenvalue weighted by atomic mass is 9.96. The average Bonchev–Trinajstić information content (AvgIpc) is 3.20. The van der Waals surface area contributed by atoms with Crippen molar-refractivity contribution in [1.29, 1.82) is 0 Å². The molecule has 2 amide bonds. The number of nitrogens with one attached hydrogen (secondary N) is 1. The second kappa shape index (κ2) is 8.78. The van der Waals surface area contributed by atoms with Crippen molar-refractivity contribution in [3.8, 4) is 0 Å². The Balaban J connectivity index is 1.78. The fraction of sp³-hybridized carbons (Fsp3) is 0.389. The molecule has 0 spiro atoms. The van der Waals surface area contributed by atoms with Gasteiger partial charge in [-0.2, -0.15) is 0 Å². The highest BCUT2D eigenvalue weighted by Gasteiger charge is 2.31. The van der Waals surface area contributed by atoms with Crippen LogP contribution in [-0.2, 0) is 14.8 Å². The van der Waals surface area contributed by atoms with Crippen LogP contribution in [0.25, 0.3) is 0 Å². The van der Waals surface area contributed by atoms with Crippen molar-refractivity contribution in [2.24, 2.45) is 5.92 Å². The van der Waals surface area contributed by atoms with E-state index in [1.807, 2.05) is 0 Å². The number of sulfonamides is 1. The van der Waals surface area contributed by atoms with E-state index >= 15 is 0 Å². The average molecular weight is 457 g/mol. The normalized spacial score (nSPS) is 17.4. The molecule has 0 radical (unpaired) electrons. The van der Waals surface area contributed by atoms with Crippen molar-refractivity contribution in [1.82, 2.24) is 14.2 Å². The van der Waals surface area contributed by atoms with Crippen LogP contribution in [0, 0.1) is 5.92 Å². The van der Waals surface area contributed by atoms with Gasteiger partial charge >= 0.3 is 0 Å². The Labute approximate surface area is 178 Å². The lowest BCUT2D eigenvalue weighted by Gasteiger charge is -2.32. The van der Waals surface area contributed by atoms with E-state index in [1.165, 1.54) is 43.6 Å². The van der Waals surface area contributed by atoms with Crippen LogP contribution in [0.5, 0.6) is 0 Å². The Morgan fingerprint density at radius 2 is 2.10 bits per heavy atom. The van der Waals surface area contributed by atoms with Crippen LogP contribution in [0.15, 0.2) is 34.7 Å². The molecule has 0 saturated carbocycles. The number of hydrogen-bond acceptors (Lipinski definition) is 6. The topological polar surface area (TPSA) is 99.7 Å². The SMILES string of the molecule is CN(C)S(=O)(=O)c1ccc(Cl)c(C(=O)N2CCCC(C(=O)Nc3nccs3)C2)c1. The third-order valence-corrected chi connectivity index (χ3v) is 7.52. The number of thiazole rings is 1. The molecule has 8 nitrogen and oxygen atoms in total. The number of nitrogens with zero attached hydrogens (tertiary/aromatic N) is 3. The monoisotopic (exact) mass is 456 g/mol. The summed E-state index contributed by atoms with van der Waals surface area (Å²) >= 11 is 7.52. The minimum absolute atomic E-state index is 0.00896. The second-order valence-corrected chi connectivity index (χ2v) is 10.3. The maximum Gasteiger partial charge on any atom is 0.255 e. The first-order valence-corrected chi connectivity index (χ1v) is 11.6. The molecule has 29 heavy (non-hydrogen) atoms. The third-order valence-electron chi connectivity index (χ3n) is 4.69. The number of carbonyl (C=O) groups is 2. The molecule has 0 aliphatic carbocycles. The van der Waals surface area contributed by atoms with E-state index in [9.17, 15) is 18.0 Å². The Morgan fingerprint density at radius 3 is 2.76 bits per heavy atom. The van der Waals surface area contributed by atoms with Gasteiger partial charge in [0.05, 0.1) is 21.4 Å². The molecule has 1 saturated heterocycles. The van der Waals surface area contributed by atoms with Crippen LogP contribution in [0.3, 0.4) is 0 Å². The number of benzene rings is 1. The molecule has 3 rings (SSSR count). The summed E-state index contributed by atoms with van der Waals surface area (Å²) in [5.41, 5.74) is 0.107. The summed E-state index contributed by atoms with van der Waals surface area (Å²) in [4.78, 5) is 31.1. The number of anilines is 1. The van der Waals surface area contributed by atoms with Gasteiger partial charge in [-0.1, -0.05) is 11.6 Å². The summed E-state index contributed by atoms with van der Waals surface area (Å²) in [7, 11) is -0.863. The maximum absolute atomic E-state index is 13.0. The van der Waals surface area contributed by atoms with Gasteiger partial charge in [-0.3, -0.25) is 9.59 Å². The van der Waals surface area contributed by atoms with Gasteiger partial charge < -0.3 is 10.2 Å². The first kappa shape index (κ1) is 21.7. The predicted octanol–water partition coefficient (Wildman–Crippen LogP) is 2.54. The van der Waals surface area contributed by atoms with Crippen molar-refractivity contribution in [2.75, 3.05) is 32.5 Å². The molecule has 1 aromatic heterocycles. The molecule has 1 aliphatic rings. The van der Waals surface area contributed by atoms with E-state index in [1.54, 1.807) is 16.5 Å². The van der Waals surface area contributed by atoms with Crippen molar-refractivity contribution in [3.05, 3.63) is 40.4 Å². The van der Waals surface area contributed by atoms with Crippen molar-refractivity contribution in [2.45, 2.75) is 17.7 Å². The van der Waals surface area contributed by atoms with Crippen LogP contribution in [-0.4, -0.2) is 61.6 Å². The Kier molecular flexibility index (Phi) is 6.57. The van der Waals surface area contributed by atoms with Crippen LogP contribution < -0.4 is 5.32 Å². The lowest BCUT2D eigenvalue weighted by Crippen LogP contribution is -2.43. The van der Waals surface area contributed by atoms with Gasteiger partial charge in [0.15, 0.2) is 5.13 Å². The van der Waals surface area contributed by atoms with Crippen LogP contribution in [0.4, 0.5) is 5.13 Å². The Morgan fingerprint density at radius 1 is 1.34 bits per heavy atom. The fourth-order valence-corrected chi connectivity index (χ4v) is 4.74. The molecule has 1 aliphatic heterocycles. The molecule has 156 valence electrons. The summed E-state index contributed by atoms with van der Waals surface area (Å²) < 4.78 is 25.8. The third kappa shape index (κ3) is 4.77. The van der Waals surface area contributed by atoms with Gasteiger partial charge in [0.2, 0.25) is 15.9 Å². The van der Waals surface area contributed by atoms with E-state index in [0.717, 1.165) is 4.31 Å². The van der Waals surface area contributed by atoms with Gasteiger partial charge in [-0.25, -0.2) is 17.7 Å². The molecule has 11 heteroatoms. The van der Waals surface area contributed by atoms with Crippen molar-refractivity contribution in [3.63, 3.8) is 0 Å². The van der Waals surface area contributed by atoms with E-state index < -0.39 is 15.9 Å². The van der Waals surface area contributed by atoms with E-state index in [-0.39, 0.29) is 33.9 Å². The minimum atomic E-state index is -3.70. The summed E-state index contributed by atoms with van der Waals surface area (Å²) in [5.74, 6) is -0.950. The number of hydrogen-bond donors (Lipinski definition) is 1. The number of amides is 2. The molecule has 1 fully saturated rings. The smallest absolute Gasteiger partial charge is 0.255 e. The van der Waals surface area contributed by atoms with Crippen LogP contribution in [0.1, 0.15) is 23.2 Å². The standard InChI is InChI=1S/C18H21ClN4O4S2/c1-22(2)29(26,27)13-5-6-15(19)14(10-13)17(25)23-8-3-4-12(11-23)16(24)21-18-20-7-9-28-18/h5-7,9-10,12H,3-4,8,11H2,1-2H3,(H,20,21,24). The summed E-state index contributed by atoms with van der Waals surface area (Å²) in [6, 6.07) is 4.07. The first-order chi connectivity index (χ1) is 13.7. The minimum Gasteiger partial charge on any atom is -0.338 e. The largest absolute Gasteiger partial charge is 0.338 e. The molecule has 0 bridgehead atoms. The number of aromatic nitrogens is 1. The van der Waals surface area contributed by atoms with E-state index in [4.69, 9.17) is 11.6 Å². The molecule has 1 unspecified atom stereocenters. The molecule has 1 aromatic carbocycles. The highest BCUT2D eigenvalue weighted by Crippen LogP contribution is 2.26. The lowest BCUT2D eigenvalue weighted by molar-refractivity contribution is -0.121. The van der Waals surface area contributed by atoms with Gasteiger partial charge in [-0.15, -0.1) is 11.3 Å². The Hall–Kier alpha value is -2.01. The molecular formula is C18H21ClN4O4S2. The van der Waals surface area contributed by atoms with E-state index in [2.05, 4.69) is 10.3 Å². The van der Waals surface area contributed by atoms with E-state index in [0.29, 0.717) is 24.5 Å². The number of likely N-dealkylation sites (tertiary alicyclic amines) is 1. The molecular weight excluding hydrogens is 436 g/mol. The predicted molar refractivity (Wildman–Crippen MR) is 112 cm³/mol. The van der Waals surface area contributed by atoms with Crippen molar-refractivity contribution < 1.29 is 18.0 Å². The molecule has 2 heterocycles. The summed E-state index contributed by atoms with van der Waals surface area (Å²) in [6.07, 6.45) is 2.92. The van der Waals surface area contributed by atoms with Gasteiger partial charge in [-0.05, 0) is 31.0 Å². The first-order valence-electron chi connectivity index (χ1n) is 8.92. The Bertz CT molecular complexity index is 1010. The zero-order valence-corrected chi connectivity index (χ0v) is 18.4. The fourth-order valence-electron chi connectivity index (χ4n) is 3.08. The zero-order chi connectivity index (χ0) is 21.2. The number of halogens is 1. The molecule has 1 atom stereocenters. The van der Waals surface area contributed by atoms with Gasteiger partial charge in [0.1, 0.15) is 0 Å². The summed E-state index contributed by atoms with van der Waals surface area (Å²) in [6.45, 7) is 0.706. The highest BCUT2D eigenvalue weighted by molar-refractivity contribution is 7.89. The number of piperidine rings is 1. The maximum atomic E-state index is 13.0.